The molecule has 9 heteroatoms. The SMILES string of the molecule is CC/C=C\C/C=C\C/C=C\C/C=C\CCCCCCCCCCC(=O)OC(CCCCCC)CCCCCC(=O)NCC(=O)NC(CO)C(=O)O. The molecule has 2 amide bonds. The Balaban J connectivity index is 3.99. The van der Waals surface area contributed by atoms with E-state index in [2.05, 4.69) is 73.1 Å². The van der Waals surface area contributed by atoms with Crippen molar-refractivity contribution in [2.24, 2.45) is 0 Å². The number of nitrogens with one attached hydrogen (secondary N) is 2. The van der Waals surface area contributed by atoms with Crippen molar-refractivity contribution in [3.8, 4) is 0 Å². The van der Waals surface area contributed by atoms with E-state index in [0.29, 0.717) is 12.8 Å². The lowest BCUT2D eigenvalue weighted by molar-refractivity contribution is -0.150. The van der Waals surface area contributed by atoms with Crippen LogP contribution in [0, 0.1) is 0 Å². The lowest BCUT2D eigenvalue weighted by atomic mass is 10.0. The number of carboxylic acids is 1. The molecule has 2 unspecified atom stereocenters. The summed E-state index contributed by atoms with van der Waals surface area (Å²) in [7, 11) is 0. The summed E-state index contributed by atoms with van der Waals surface area (Å²) in [6.07, 6.45) is 41.7. The Bertz CT molecular complexity index is 1010. The summed E-state index contributed by atoms with van der Waals surface area (Å²) in [5, 5.41) is 22.5. The molecule has 0 fully saturated rings. The van der Waals surface area contributed by atoms with Crippen molar-refractivity contribution < 1.29 is 34.1 Å². The van der Waals surface area contributed by atoms with Crippen LogP contribution in [0.1, 0.15) is 168 Å². The number of carbonyl (C=O) groups excluding carboxylic acids is 3. The van der Waals surface area contributed by atoms with E-state index in [-0.39, 0.29) is 30.9 Å². The number of carboxylic acid groups (broad SMARTS) is 1. The summed E-state index contributed by atoms with van der Waals surface area (Å²) in [4.78, 5) is 47.3. The zero-order valence-corrected chi connectivity index (χ0v) is 32.1. The predicted octanol–water partition coefficient (Wildman–Crippen LogP) is 9.20. The molecule has 0 rings (SSSR count). The molecule has 0 aliphatic heterocycles. The highest BCUT2D eigenvalue weighted by atomic mass is 16.5. The van der Waals surface area contributed by atoms with Crippen LogP contribution in [0.5, 0.6) is 0 Å². The molecular weight excluding hydrogens is 644 g/mol. The molecule has 0 aliphatic carbocycles. The third-order valence-corrected chi connectivity index (χ3v) is 8.59. The maximum atomic E-state index is 12.6. The maximum absolute atomic E-state index is 12.6. The standard InChI is InChI=1S/C42H72N2O7/c1-3-5-7-9-10-11-12-13-14-15-16-17-18-19-20-21-22-23-24-25-30-34-41(48)51-37(31-27-8-6-4-2)32-28-26-29-33-39(46)43-35-40(47)44-38(36-45)42(49)50/h5,7,10-11,13-14,16-17,37-38,45H,3-4,6,8-9,12,15,18-36H2,1-2H3,(H,43,46)(H,44,47)(H,49,50)/b7-5-,11-10-,14-13-,17-16-. The Labute approximate surface area is 309 Å². The number of unbranched alkanes of at least 4 members (excludes halogenated alkanes) is 13. The Morgan fingerprint density at radius 2 is 1.12 bits per heavy atom. The average molecular weight is 717 g/mol. The van der Waals surface area contributed by atoms with Gasteiger partial charge >= 0.3 is 11.9 Å². The third-order valence-electron chi connectivity index (χ3n) is 8.59. The molecule has 4 N–H and O–H groups in total. The van der Waals surface area contributed by atoms with Crippen molar-refractivity contribution in [3.63, 3.8) is 0 Å². The molecule has 0 aromatic heterocycles. The van der Waals surface area contributed by atoms with E-state index in [1.165, 1.54) is 38.5 Å². The van der Waals surface area contributed by atoms with Gasteiger partial charge < -0.3 is 25.6 Å². The van der Waals surface area contributed by atoms with Crippen LogP contribution in [0.4, 0.5) is 0 Å². The molecular formula is C42H72N2O7. The first kappa shape index (κ1) is 47.8. The van der Waals surface area contributed by atoms with E-state index in [0.717, 1.165) is 96.3 Å². The Hall–Kier alpha value is -3.20. The van der Waals surface area contributed by atoms with Gasteiger partial charge in [0.1, 0.15) is 12.1 Å². The summed E-state index contributed by atoms with van der Waals surface area (Å²) in [6, 6.07) is -1.39. The van der Waals surface area contributed by atoms with E-state index in [1.54, 1.807) is 0 Å². The van der Waals surface area contributed by atoms with Crippen molar-refractivity contribution in [1.29, 1.82) is 0 Å². The fourth-order valence-corrected chi connectivity index (χ4v) is 5.53. The Morgan fingerprint density at radius 1 is 0.608 bits per heavy atom. The van der Waals surface area contributed by atoms with Crippen LogP contribution in [-0.2, 0) is 23.9 Å². The molecule has 0 bridgehead atoms. The van der Waals surface area contributed by atoms with Crippen LogP contribution >= 0.6 is 0 Å². The van der Waals surface area contributed by atoms with Gasteiger partial charge in [-0.15, -0.1) is 0 Å². The number of aliphatic hydroxyl groups excluding tert-OH is 1. The Morgan fingerprint density at radius 3 is 1.69 bits per heavy atom. The normalized spacial score (nSPS) is 13.0. The topological polar surface area (TPSA) is 142 Å². The summed E-state index contributed by atoms with van der Waals surface area (Å²) in [5.74, 6) is -2.40. The van der Waals surface area contributed by atoms with Crippen LogP contribution in [-0.4, -0.2) is 59.3 Å². The second-order valence-corrected chi connectivity index (χ2v) is 13.3. The first-order chi connectivity index (χ1) is 24.8. The highest BCUT2D eigenvalue weighted by Crippen LogP contribution is 2.18. The molecule has 292 valence electrons. The van der Waals surface area contributed by atoms with E-state index in [4.69, 9.17) is 14.9 Å². The molecule has 0 aromatic carbocycles. The van der Waals surface area contributed by atoms with Gasteiger partial charge in [0, 0.05) is 12.8 Å². The quantitative estimate of drug-likeness (QED) is 0.0291. The second-order valence-electron chi connectivity index (χ2n) is 13.3. The molecule has 51 heavy (non-hydrogen) atoms. The molecule has 0 radical (unpaired) electrons. The van der Waals surface area contributed by atoms with Gasteiger partial charge in [0.05, 0.1) is 13.2 Å². The van der Waals surface area contributed by atoms with Crippen molar-refractivity contribution in [2.45, 2.75) is 180 Å². The minimum Gasteiger partial charge on any atom is -0.480 e. The lowest BCUT2D eigenvalue weighted by Crippen LogP contribution is -2.47. The molecule has 0 spiro atoms. The molecule has 9 nitrogen and oxygen atoms in total. The summed E-state index contributed by atoms with van der Waals surface area (Å²) in [5.41, 5.74) is 0. The van der Waals surface area contributed by atoms with Crippen molar-refractivity contribution in [2.75, 3.05) is 13.2 Å². The van der Waals surface area contributed by atoms with Gasteiger partial charge in [-0.25, -0.2) is 4.79 Å². The van der Waals surface area contributed by atoms with Gasteiger partial charge in [0.25, 0.3) is 0 Å². The predicted molar refractivity (Wildman–Crippen MR) is 208 cm³/mol. The molecule has 0 aromatic rings. The first-order valence-electron chi connectivity index (χ1n) is 20.0. The van der Waals surface area contributed by atoms with E-state index < -0.39 is 24.5 Å². The zero-order valence-electron chi connectivity index (χ0n) is 32.1. The number of carbonyl (C=O) groups is 4. The van der Waals surface area contributed by atoms with E-state index in [1.807, 2.05) is 0 Å². The van der Waals surface area contributed by atoms with Gasteiger partial charge in [0.15, 0.2) is 0 Å². The summed E-state index contributed by atoms with van der Waals surface area (Å²) >= 11 is 0. The van der Waals surface area contributed by atoms with Gasteiger partial charge in [0.2, 0.25) is 11.8 Å². The smallest absolute Gasteiger partial charge is 0.328 e. The van der Waals surface area contributed by atoms with Crippen LogP contribution in [0.15, 0.2) is 48.6 Å². The lowest BCUT2D eigenvalue weighted by Gasteiger charge is -2.18. The molecule has 0 aliphatic rings. The molecule has 0 heterocycles. The fraction of sp³-hybridized carbons (Fsp3) is 0.714. The van der Waals surface area contributed by atoms with Crippen LogP contribution in [0.3, 0.4) is 0 Å². The number of allylic oxidation sites excluding steroid dienone is 8. The second kappa shape index (κ2) is 36.6. The number of ether oxygens (including phenoxy) is 1. The van der Waals surface area contributed by atoms with Gasteiger partial charge in [-0.1, -0.05) is 127 Å². The number of hydrogen-bond donors (Lipinski definition) is 4. The summed E-state index contributed by atoms with van der Waals surface area (Å²) in [6.45, 7) is 3.27. The van der Waals surface area contributed by atoms with E-state index >= 15 is 0 Å². The first-order valence-corrected chi connectivity index (χ1v) is 20.0. The zero-order chi connectivity index (χ0) is 37.6. The third kappa shape index (κ3) is 33.7. The van der Waals surface area contributed by atoms with Crippen molar-refractivity contribution in [1.82, 2.24) is 10.6 Å². The van der Waals surface area contributed by atoms with Gasteiger partial charge in [-0.05, 0) is 77.0 Å². The van der Waals surface area contributed by atoms with Crippen LogP contribution < -0.4 is 10.6 Å². The van der Waals surface area contributed by atoms with Gasteiger partial charge in [-0.3, -0.25) is 14.4 Å². The monoisotopic (exact) mass is 717 g/mol. The van der Waals surface area contributed by atoms with Crippen molar-refractivity contribution >= 4 is 23.8 Å². The largest absolute Gasteiger partial charge is 0.480 e. The number of rotatable bonds is 35. The number of esters is 1. The highest BCUT2D eigenvalue weighted by Gasteiger charge is 2.19. The number of aliphatic hydroxyl groups is 1. The molecule has 0 saturated carbocycles. The maximum Gasteiger partial charge on any atom is 0.328 e. The molecule has 0 saturated heterocycles. The number of amides is 2. The Kier molecular flexibility index (Phi) is 34.3. The number of hydrogen-bond acceptors (Lipinski definition) is 6. The minimum atomic E-state index is -1.39. The summed E-state index contributed by atoms with van der Waals surface area (Å²) < 4.78 is 5.89. The van der Waals surface area contributed by atoms with E-state index in [9.17, 15) is 19.2 Å². The van der Waals surface area contributed by atoms with Crippen molar-refractivity contribution in [3.05, 3.63) is 48.6 Å². The molecule has 2 atom stereocenters. The van der Waals surface area contributed by atoms with Crippen LogP contribution in [0.25, 0.3) is 0 Å². The highest BCUT2D eigenvalue weighted by molar-refractivity contribution is 5.87. The van der Waals surface area contributed by atoms with Crippen LogP contribution in [0.2, 0.25) is 0 Å². The fourth-order valence-electron chi connectivity index (χ4n) is 5.53. The average Bonchev–Trinajstić information content (AvgIpc) is 3.11. The van der Waals surface area contributed by atoms with Gasteiger partial charge in [-0.2, -0.15) is 0 Å². The minimum absolute atomic E-state index is 0.0859. The number of aliphatic carboxylic acids is 1.